The first-order chi connectivity index (χ1) is 8.31. The van der Waals surface area contributed by atoms with Gasteiger partial charge in [0.2, 0.25) is 0 Å². The Bertz CT molecular complexity index is 401. The van der Waals surface area contributed by atoms with Gasteiger partial charge in [0.25, 0.3) is 0 Å². The Balaban J connectivity index is 1.78. The van der Waals surface area contributed by atoms with E-state index in [1.54, 1.807) is 7.11 Å². The van der Waals surface area contributed by atoms with Crippen LogP contribution in [-0.2, 0) is 0 Å². The molecule has 0 amide bonds. The Hall–Kier alpha value is -1.22. The Morgan fingerprint density at radius 2 is 2.24 bits per heavy atom. The Morgan fingerprint density at radius 3 is 2.94 bits per heavy atom. The predicted octanol–water partition coefficient (Wildman–Crippen LogP) is 1.88. The molecule has 3 heteroatoms. The highest BCUT2D eigenvalue weighted by Gasteiger charge is 2.40. The maximum atomic E-state index is 5.30. The highest BCUT2D eigenvalue weighted by molar-refractivity contribution is 5.51. The molecule has 0 aromatic heterocycles. The summed E-state index contributed by atoms with van der Waals surface area (Å²) in [6, 6.07) is 8.42. The topological polar surface area (TPSA) is 24.5 Å². The average molecular weight is 232 g/mol. The van der Waals surface area contributed by atoms with Crippen molar-refractivity contribution in [2.75, 3.05) is 38.2 Å². The standard InChI is InChI=1S/C14H20N2O/c1-17-13-5-2-4-12(8-13)16-7-3-6-14(11-16)9-15-10-14/h2,4-5,8,15H,3,6-7,9-11H2,1H3. The molecule has 3 rings (SSSR count). The third kappa shape index (κ3) is 2.00. The first kappa shape index (κ1) is 10.9. The van der Waals surface area contributed by atoms with Crippen molar-refractivity contribution in [3.05, 3.63) is 24.3 Å². The maximum Gasteiger partial charge on any atom is 0.120 e. The molecule has 2 heterocycles. The van der Waals surface area contributed by atoms with Crippen molar-refractivity contribution in [2.24, 2.45) is 5.41 Å². The summed E-state index contributed by atoms with van der Waals surface area (Å²) in [6.07, 6.45) is 2.68. The molecule has 17 heavy (non-hydrogen) atoms. The Morgan fingerprint density at radius 1 is 1.35 bits per heavy atom. The van der Waals surface area contributed by atoms with Crippen molar-refractivity contribution in [3.63, 3.8) is 0 Å². The van der Waals surface area contributed by atoms with Crippen LogP contribution in [0.15, 0.2) is 24.3 Å². The van der Waals surface area contributed by atoms with Crippen LogP contribution >= 0.6 is 0 Å². The number of benzene rings is 1. The first-order valence-corrected chi connectivity index (χ1v) is 6.41. The molecule has 1 N–H and O–H groups in total. The summed E-state index contributed by atoms with van der Waals surface area (Å²) in [5.74, 6) is 0.953. The van der Waals surface area contributed by atoms with Crippen LogP contribution < -0.4 is 15.0 Å². The number of ether oxygens (including phenoxy) is 1. The van der Waals surface area contributed by atoms with Crippen LogP contribution in [0, 0.1) is 5.41 Å². The molecule has 0 bridgehead atoms. The highest BCUT2D eigenvalue weighted by Crippen LogP contribution is 2.36. The van der Waals surface area contributed by atoms with Gasteiger partial charge < -0.3 is 15.0 Å². The van der Waals surface area contributed by atoms with Crippen molar-refractivity contribution >= 4 is 5.69 Å². The Kier molecular flexibility index (Phi) is 2.71. The fraction of sp³-hybridized carbons (Fsp3) is 0.571. The molecule has 92 valence electrons. The van der Waals surface area contributed by atoms with Crippen molar-refractivity contribution in [3.8, 4) is 5.75 Å². The summed E-state index contributed by atoms with van der Waals surface area (Å²) in [5, 5.41) is 3.41. The van der Waals surface area contributed by atoms with Crippen molar-refractivity contribution < 1.29 is 4.74 Å². The Labute approximate surface area is 103 Å². The predicted molar refractivity (Wildman–Crippen MR) is 69.7 cm³/mol. The van der Waals surface area contributed by atoms with Gasteiger partial charge in [0.15, 0.2) is 0 Å². The van der Waals surface area contributed by atoms with Crippen LogP contribution in [-0.4, -0.2) is 33.3 Å². The summed E-state index contributed by atoms with van der Waals surface area (Å²) in [5.41, 5.74) is 1.84. The van der Waals surface area contributed by atoms with Gasteiger partial charge in [-0.05, 0) is 25.0 Å². The molecule has 0 unspecified atom stereocenters. The van der Waals surface area contributed by atoms with Crippen LogP contribution in [0.25, 0.3) is 0 Å². The van der Waals surface area contributed by atoms with E-state index in [4.69, 9.17) is 4.74 Å². The quantitative estimate of drug-likeness (QED) is 0.842. The SMILES string of the molecule is COc1cccc(N2CCCC3(CNC3)C2)c1. The molecule has 0 radical (unpaired) electrons. The summed E-state index contributed by atoms with van der Waals surface area (Å²) in [6.45, 7) is 4.74. The van der Waals surface area contributed by atoms with E-state index in [0.29, 0.717) is 5.41 Å². The van der Waals surface area contributed by atoms with Gasteiger partial charge in [-0.3, -0.25) is 0 Å². The monoisotopic (exact) mass is 232 g/mol. The third-order valence-electron chi connectivity index (χ3n) is 4.08. The van der Waals surface area contributed by atoms with E-state index in [-0.39, 0.29) is 0 Å². The number of piperidine rings is 1. The normalized spacial score (nSPS) is 22.3. The molecule has 3 nitrogen and oxygen atoms in total. The second-order valence-corrected chi connectivity index (χ2v) is 5.33. The van der Waals surface area contributed by atoms with E-state index in [2.05, 4.69) is 28.4 Å². The van der Waals surface area contributed by atoms with E-state index in [1.807, 2.05) is 6.07 Å². The van der Waals surface area contributed by atoms with Crippen LogP contribution in [0.3, 0.4) is 0 Å². The zero-order valence-electron chi connectivity index (χ0n) is 10.4. The lowest BCUT2D eigenvalue weighted by atomic mass is 9.75. The first-order valence-electron chi connectivity index (χ1n) is 6.41. The number of rotatable bonds is 2. The fourth-order valence-electron chi connectivity index (χ4n) is 3.00. The van der Waals surface area contributed by atoms with E-state index in [9.17, 15) is 0 Å². The minimum absolute atomic E-state index is 0.543. The summed E-state index contributed by atoms with van der Waals surface area (Å²) in [4.78, 5) is 2.51. The number of methoxy groups -OCH3 is 1. The molecular weight excluding hydrogens is 212 g/mol. The lowest BCUT2D eigenvalue weighted by Gasteiger charge is -2.50. The largest absolute Gasteiger partial charge is 0.497 e. The molecule has 2 fully saturated rings. The average Bonchev–Trinajstić information content (AvgIpc) is 2.37. The molecule has 2 saturated heterocycles. The number of nitrogens with one attached hydrogen (secondary N) is 1. The maximum absolute atomic E-state index is 5.30. The summed E-state index contributed by atoms with van der Waals surface area (Å²) >= 11 is 0. The minimum atomic E-state index is 0.543. The molecule has 0 aliphatic carbocycles. The molecular formula is C14H20N2O. The zero-order valence-corrected chi connectivity index (χ0v) is 10.4. The van der Waals surface area contributed by atoms with Gasteiger partial charge in [0, 0.05) is 43.3 Å². The zero-order chi connectivity index (χ0) is 11.7. The number of nitrogens with zero attached hydrogens (tertiary/aromatic N) is 1. The van der Waals surface area contributed by atoms with E-state index >= 15 is 0 Å². The molecule has 1 aromatic rings. The van der Waals surface area contributed by atoms with Gasteiger partial charge in [-0.15, -0.1) is 0 Å². The smallest absolute Gasteiger partial charge is 0.120 e. The van der Waals surface area contributed by atoms with Gasteiger partial charge in [0.05, 0.1) is 7.11 Å². The molecule has 0 saturated carbocycles. The minimum Gasteiger partial charge on any atom is -0.497 e. The van der Waals surface area contributed by atoms with Crippen molar-refractivity contribution in [1.82, 2.24) is 5.32 Å². The summed E-state index contributed by atoms with van der Waals surface area (Å²) < 4.78 is 5.30. The lowest BCUT2D eigenvalue weighted by Crippen LogP contribution is -2.61. The molecule has 2 aliphatic heterocycles. The summed E-state index contributed by atoms with van der Waals surface area (Å²) in [7, 11) is 1.73. The van der Waals surface area contributed by atoms with Gasteiger partial charge in [0.1, 0.15) is 5.75 Å². The second kappa shape index (κ2) is 4.22. The van der Waals surface area contributed by atoms with Crippen molar-refractivity contribution in [2.45, 2.75) is 12.8 Å². The number of anilines is 1. The van der Waals surface area contributed by atoms with Gasteiger partial charge in [-0.1, -0.05) is 6.07 Å². The van der Waals surface area contributed by atoms with Crippen LogP contribution in [0.5, 0.6) is 5.75 Å². The van der Waals surface area contributed by atoms with Crippen LogP contribution in [0.1, 0.15) is 12.8 Å². The number of hydrogen-bond acceptors (Lipinski definition) is 3. The molecule has 2 aliphatic rings. The van der Waals surface area contributed by atoms with Gasteiger partial charge in [-0.25, -0.2) is 0 Å². The van der Waals surface area contributed by atoms with E-state index in [1.165, 1.54) is 44.7 Å². The van der Waals surface area contributed by atoms with Crippen LogP contribution in [0.2, 0.25) is 0 Å². The van der Waals surface area contributed by atoms with E-state index < -0.39 is 0 Å². The van der Waals surface area contributed by atoms with Crippen molar-refractivity contribution in [1.29, 1.82) is 0 Å². The van der Waals surface area contributed by atoms with Gasteiger partial charge >= 0.3 is 0 Å². The van der Waals surface area contributed by atoms with E-state index in [0.717, 1.165) is 5.75 Å². The second-order valence-electron chi connectivity index (χ2n) is 5.33. The lowest BCUT2D eigenvalue weighted by molar-refractivity contribution is 0.138. The van der Waals surface area contributed by atoms with Crippen LogP contribution in [0.4, 0.5) is 5.69 Å². The number of hydrogen-bond donors (Lipinski definition) is 1. The molecule has 1 aromatic carbocycles. The fourth-order valence-corrected chi connectivity index (χ4v) is 3.00. The molecule has 0 atom stereocenters. The third-order valence-corrected chi connectivity index (χ3v) is 4.08. The highest BCUT2D eigenvalue weighted by atomic mass is 16.5. The van der Waals surface area contributed by atoms with Gasteiger partial charge in [-0.2, -0.15) is 0 Å². The molecule has 1 spiro atoms.